The van der Waals surface area contributed by atoms with Crippen molar-refractivity contribution >= 4 is 17.2 Å². The number of likely N-dealkylation sites (N-methyl/N-ethyl adjacent to an activating group) is 1. The number of rotatable bonds is 4. The maximum atomic E-state index is 12.8. The van der Waals surface area contributed by atoms with Gasteiger partial charge in [-0.15, -0.1) is 0 Å². The number of carbonyl (C=O) groups excluding carboxylic acids is 1. The van der Waals surface area contributed by atoms with Gasteiger partial charge in [-0.25, -0.2) is 19.3 Å². The molecular formula is C24H24N6O3. The van der Waals surface area contributed by atoms with Gasteiger partial charge in [-0.1, -0.05) is 12.1 Å². The van der Waals surface area contributed by atoms with Crippen LogP contribution in [0, 0.1) is 0 Å². The fraction of sp³-hybridized carbons (Fsp3) is 0.250. The van der Waals surface area contributed by atoms with Crippen molar-refractivity contribution in [2.75, 3.05) is 40.3 Å². The molecule has 168 valence electrons. The number of amides is 1. The van der Waals surface area contributed by atoms with Crippen LogP contribution in [-0.4, -0.2) is 75.6 Å². The van der Waals surface area contributed by atoms with Crippen LogP contribution < -0.4 is 10.4 Å². The standard InChI is InChI=1S/C24H24N6O3/c1-28-11-13-29(14-12-28)23(31)17-5-3-16(4-6-17)20-15-25-22-21(26-20)27-24(32)30(22)18-7-9-19(33-2)10-8-18/h3-10,15H,11-14H2,1-2H3,(H,26,27,32). The molecule has 1 aliphatic rings. The first-order valence-electron chi connectivity index (χ1n) is 10.7. The quantitative estimate of drug-likeness (QED) is 0.518. The second-order valence-corrected chi connectivity index (χ2v) is 8.06. The Kier molecular flexibility index (Phi) is 5.39. The molecule has 1 amide bonds. The Morgan fingerprint density at radius 1 is 1.00 bits per heavy atom. The molecule has 3 heterocycles. The highest BCUT2D eigenvalue weighted by Gasteiger charge is 2.20. The molecule has 0 unspecified atom stereocenters. The minimum atomic E-state index is -0.319. The van der Waals surface area contributed by atoms with Crippen molar-refractivity contribution in [1.82, 2.24) is 29.3 Å². The van der Waals surface area contributed by atoms with Gasteiger partial charge in [0.2, 0.25) is 0 Å². The summed E-state index contributed by atoms with van der Waals surface area (Å²) in [6.07, 6.45) is 1.63. The molecule has 1 fully saturated rings. The predicted molar refractivity (Wildman–Crippen MR) is 125 cm³/mol. The highest BCUT2D eigenvalue weighted by molar-refractivity contribution is 5.94. The van der Waals surface area contributed by atoms with Crippen molar-refractivity contribution in [1.29, 1.82) is 0 Å². The molecule has 1 aliphatic heterocycles. The van der Waals surface area contributed by atoms with Gasteiger partial charge in [0.15, 0.2) is 11.3 Å². The Hall–Kier alpha value is -3.98. The summed E-state index contributed by atoms with van der Waals surface area (Å²) in [5, 5.41) is 0. The van der Waals surface area contributed by atoms with Gasteiger partial charge < -0.3 is 14.5 Å². The molecule has 0 atom stereocenters. The van der Waals surface area contributed by atoms with Crippen molar-refractivity contribution in [3.8, 4) is 22.7 Å². The lowest BCUT2D eigenvalue weighted by atomic mass is 10.1. The number of piperazine rings is 1. The SMILES string of the molecule is COc1ccc(-n2c(=O)[nH]c3nc(-c4ccc(C(=O)N5CCN(C)CC5)cc4)cnc32)cc1. The molecule has 0 aliphatic carbocycles. The summed E-state index contributed by atoms with van der Waals surface area (Å²) in [5.74, 6) is 0.742. The lowest BCUT2D eigenvalue weighted by Crippen LogP contribution is -2.47. The molecule has 0 saturated carbocycles. The first-order valence-corrected chi connectivity index (χ1v) is 10.7. The zero-order valence-electron chi connectivity index (χ0n) is 18.5. The Morgan fingerprint density at radius 2 is 1.70 bits per heavy atom. The number of benzene rings is 2. The second kappa shape index (κ2) is 8.51. The Bertz CT molecular complexity index is 1350. The molecular weight excluding hydrogens is 420 g/mol. The van der Waals surface area contributed by atoms with Gasteiger partial charge >= 0.3 is 5.69 Å². The monoisotopic (exact) mass is 444 g/mol. The van der Waals surface area contributed by atoms with Crippen LogP contribution in [0.4, 0.5) is 0 Å². The molecule has 2 aromatic carbocycles. The lowest BCUT2D eigenvalue weighted by molar-refractivity contribution is 0.0664. The fourth-order valence-corrected chi connectivity index (χ4v) is 3.97. The molecule has 2 aromatic heterocycles. The van der Waals surface area contributed by atoms with Crippen molar-refractivity contribution in [2.45, 2.75) is 0 Å². The average Bonchev–Trinajstić information content (AvgIpc) is 3.19. The number of ether oxygens (including phenoxy) is 1. The summed E-state index contributed by atoms with van der Waals surface area (Å²) in [6.45, 7) is 3.23. The number of nitrogens with zero attached hydrogens (tertiary/aromatic N) is 5. The van der Waals surface area contributed by atoms with Gasteiger partial charge in [-0.3, -0.25) is 9.78 Å². The summed E-state index contributed by atoms with van der Waals surface area (Å²) in [5.41, 5.74) is 3.26. The number of hydrogen-bond donors (Lipinski definition) is 1. The van der Waals surface area contributed by atoms with E-state index >= 15 is 0 Å². The molecule has 0 bridgehead atoms. The van der Waals surface area contributed by atoms with Crippen LogP contribution in [0.5, 0.6) is 5.75 Å². The minimum Gasteiger partial charge on any atom is -0.497 e. The number of imidazole rings is 1. The Labute approximate surface area is 190 Å². The third-order valence-corrected chi connectivity index (χ3v) is 5.94. The van der Waals surface area contributed by atoms with Crippen LogP contribution in [0.25, 0.3) is 28.2 Å². The Balaban J connectivity index is 1.41. The first-order chi connectivity index (χ1) is 16.0. The first kappa shape index (κ1) is 20.9. The van der Waals surface area contributed by atoms with Gasteiger partial charge in [0.1, 0.15) is 5.75 Å². The molecule has 0 radical (unpaired) electrons. The summed E-state index contributed by atoms with van der Waals surface area (Å²) in [4.78, 5) is 41.3. The van der Waals surface area contributed by atoms with Crippen LogP contribution in [0.1, 0.15) is 10.4 Å². The van der Waals surface area contributed by atoms with Gasteiger partial charge in [0, 0.05) is 37.3 Å². The number of H-pyrrole nitrogens is 1. The van der Waals surface area contributed by atoms with Crippen LogP contribution in [-0.2, 0) is 0 Å². The number of aromatic amines is 1. The summed E-state index contributed by atoms with van der Waals surface area (Å²) < 4.78 is 6.66. The molecule has 9 nitrogen and oxygen atoms in total. The number of fused-ring (bicyclic) bond motifs is 1. The van der Waals surface area contributed by atoms with E-state index in [4.69, 9.17) is 4.74 Å². The highest BCUT2D eigenvalue weighted by Crippen LogP contribution is 2.21. The summed E-state index contributed by atoms with van der Waals surface area (Å²) >= 11 is 0. The van der Waals surface area contributed by atoms with E-state index in [0.29, 0.717) is 34.0 Å². The zero-order chi connectivity index (χ0) is 22.9. The molecule has 0 spiro atoms. The number of hydrogen-bond acceptors (Lipinski definition) is 6. The molecule has 33 heavy (non-hydrogen) atoms. The third-order valence-electron chi connectivity index (χ3n) is 5.94. The smallest absolute Gasteiger partial charge is 0.333 e. The van der Waals surface area contributed by atoms with Crippen LogP contribution in [0.3, 0.4) is 0 Å². The zero-order valence-corrected chi connectivity index (χ0v) is 18.5. The summed E-state index contributed by atoms with van der Waals surface area (Å²) in [7, 11) is 3.65. The van der Waals surface area contributed by atoms with Gasteiger partial charge in [0.25, 0.3) is 5.91 Å². The van der Waals surface area contributed by atoms with E-state index in [9.17, 15) is 9.59 Å². The number of methoxy groups -OCH3 is 1. The van der Waals surface area contributed by atoms with Crippen molar-refractivity contribution in [3.63, 3.8) is 0 Å². The summed E-state index contributed by atoms with van der Waals surface area (Å²) in [6, 6.07) is 14.5. The van der Waals surface area contributed by atoms with Crippen molar-refractivity contribution in [2.24, 2.45) is 0 Å². The maximum absolute atomic E-state index is 12.8. The maximum Gasteiger partial charge on any atom is 0.333 e. The predicted octanol–water partition coefficient (Wildman–Crippen LogP) is 2.17. The molecule has 5 rings (SSSR count). The van der Waals surface area contributed by atoms with Gasteiger partial charge in [0.05, 0.1) is 24.7 Å². The fourth-order valence-electron chi connectivity index (χ4n) is 3.97. The number of aromatic nitrogens is 4. The van der Waals surface area contributed by atoms with E-state index in [0.717, 1.165) is 31.7 Å². The molecule has 1 saturated heterocycles. The largest absolute Gasteiger partial charge is 0.497 e. The molecule has 1 N–H and O–H groups in total. The van der Waals surface area contributed by atoms with E-state index in [-0.39, 0.29) is 11.6 Å². The van der Waals surface area contributed by atoms with E-state index in [1.807, 2.05) is 29.2 Å². The van der Waals surface area contributed by atoms with Crippen molar-refractivity contribution < 1.29 is 9.53 Å². The third kappa shape index (κ3) is 3.98. The van der Waals surface area contributed by atoms with E-state index < -0.39 is 0 Å². The number of nitrogens with one attached hydrogen (secondary N) is 1. The minimum absolute atomic E-state index is 0.0390. The molecule has 4 aromatic rings. The average molecular weight is 444 g/mol. The van der Waals surface area contributed by atoms with Crippen LogP contribution >= 0.6 is 0 Å². The molecule has 9 heteroatoms. The van der Waals surface area contributed by atoms with Crippen molar-refractivity contribution in [3.05, 3.63) is 70.8 Å². The van der Waals surface area contributed by atoms with Crippen LogP contribution in [0.2, 0.25) is 0 Å². The van der Waals surface area contributed by atoms with Gasteiger partial charge in [-0.2, -0.15) is 0 Å². The van der Waals surface area contributed by atoms with Gasteiger partial charge in [-0.05, 0) is 43.4 Å². The number of carbonyl (C=O) groups is 1. The van der Waals surface area contributed by atoms with Crippen LogP contribution in [0.15, 0.2) is 59.5 Å². The van der Waals surface area contributed by atoms with E-state index in [1.54, 1.807) is 37.6 Å². The Morgan fingerprint density at radius 3 is 2.36 bits per heavy atom. The lowest BCUT2D eigenvalue weighted by Gasteiger charge is -2.32. The van der Waals surface area contributed by atoms with E-state index in [2.05, 4.69) is 26.9 Å². The normalized spacial score (nSPS) is 14.5. The van der Waals surface area contributed by atoms with E-state index in [1.165, 1.54) is 4.57 Å². The second-order valence-electron chi connectivity index (χ2n) is 8.06. The highest BCUT2D eigenvalue weighted by atomic mass is 16.5. The topological polar surface area (TPSA) is 96.3 Å².